The summed E-state index contributed by atoms with van der Waals surface area (Å²) in [7, 11) is 0. The van der Waals surface area contributed by atoms with Gasteiger partial charge in [0, 0.05) is 32.7 Å². The number of nitrogens with zero attached hydrogens (tertiary/aromatic N) is 4. The number of halogens is 3. The standard InChI is InChI=1S/C18H28N4O.C2HF3O2/c1-2-13(1)9-21-8-7-16-18(17(21)12-23-11-15-5-6-15)19-20-22(16)10-14-3-4-14;3-2(4,5)1(6)7/h13-15,17H,1-12H2;(H,6,7). The van der Waals surface area contributed by atoms with Crippen molar-refractivity contribution in [3.05, 3.63) is 11.4 Å². The lowest BCUT2D eigenvalue weighted by Crippen LogP contribution is -2.40. The topological polar surface area (TPSA) is 80.5 Å². The van der Waals surface area contributed by atoms with Crippen LogP contribution in [0.4, 0.5) is 13.2 Å². The van der Waals surface area contributed by atoms with Crippen molar-refractivity contribution in [2.75, 3.05) is 26.3 Å². The summed E-state index contributed by atoms with van der Waals surface area (Å²) in [4.78, 5) is 11.5. The summed E-state index contributed by atoms with van der Waals surface area (Å²) < 4.78 is 40.0. The number of aliphatic carboxylic acids is 1. The van der Waals surface area contributed by atoms with Crippen LogP contribution >= 0.6 is 0 Å². The van der Waals surface area contributed by atoms with E-state index in [0.717, 1.165) is 50.5 Å². The first-order valence-electron chi connectivity index (χ1n) is 10.9. The monoisotopic (exact) mass is 430 g/mol. The van der Waals surface area contributed by atoms with E-state index in [9.17, 15) is 13.2 Å². The largest absolute Gasteiger partial charge is 0.490 e. The molecule has 1 unspecified atom stereocenters. The van der Waals surface area contributed by atoms with Crippen LogP contribution in [0.5, 0.6) is 0 Å². The molecule has 0 bridgehead atoms. The average molecular weight is 430 g/mol. The van der Waals surface area contributed by atoms with Gasteiger partial charge in [-0.05, 0) is 56.3 Å². The molecule has 30 heavy (non-hydrogen) atoms. The molecule has 3 fully saturated rings. The van der Waals surface area contributed by atoms with Gasteiger partial charge in [-0.1, -0.05) is 5.21 Å². The van der Waals surface area contributed by atoms with Crippen molar-refractivity contribution in [3.8, 4) is 0 Å². The highest BCUT2D eigenvalue weighted by atomic mass is 19.4. The van der Waals surface area contributed by atoms with Gasteiger partial charge in [-0.15, -0.1) is 5.10 Å². The lowest BCUT2D eigenvalue weighted by molar-refractivity contribution is -0.192. The lowest BCUT2D eigenvalue weighted by Gasteiger charge is -2.34. The number of hydrogen-bond acceptors (Lipinski definition) is 5. The molecule has 168 valence electrons. The number of alkyl halides is 3. The summed E-state index contributed by atoms with van der Waals surface area (Å²) in [5, 5.41) is 16.2. The second-order valence-electron chi connectivity index (χ2n) is 9.03. The molecule has 3 saturated carbocycles. The molecule has 1 aromatic heterocycles. The number of ether oxygens (including phenoxy) is 1. The molecule has 0 saturated heterocycles. The van der Waals surface area contributed by atoms with Crippen molar-refractivity contribution in [1.29, 1.82) is 0 Å². The fraction of sp³-hybridized carbons (Fsp3) is 0.850. The third kappa shape index (κ3) is 5.94. The van der Waals surface area contributed by atoms with Crippen LogP contribution in [0.15, 0.2) is 0 Å². The lowest BCUT2D eigenvalue weighted by atomic mass is 10.0. The van der Waals surface area contributed by atoms with E-state index in [1.165, 1.54) is 56.5 Å². The molecule has 1 N–H and O–H groups in total. The van der Waals surface area contributed by atoms with Gasteiger partial charge in [0.2, 0.25) is 0 Å². The van der Waals surface area contributed by atoms with Crippen LogP contribution in [0.25, 0.3) is 0 Å². The summed E-state index contributed by atoms with van der Waals surface area (Å²) >= 11 is 0. The second kappa shape index (κ2) is 8.82. The normalized spacial score (nSPS) is 24.2. The van der Waals surface area contributed by atoms with E-state index in [-0.39, 0.29) is 0 Å². The van der Waals surface area contributed by atoms with Gasteiger partial charge in [0.05, 0.1) is 18.3 Å². The Kier molecular flexibility index (Phi) is 6.34. The van der Waals surface area contributed by atoms with Crippen LogP contribution in [0.3, 0.4) is 0 Å². The summed E-state index contributed by atoms with van der Waals surface area (Å²) in [6.07, 6.45) is 4.31. The van der Waals surface area contributed by atoms with Gasteiger partial charge in [0.1, 0.15) is 5.69 Å². The quantitative estimate of drug-likeness (QED) is 0.683. The van der Waals surface area contributed by atoms with E-state index in [2.05, 4.69) is 19.9 Å². The summed E-state index contributed by atoms with van der Waals surface area (Å²) in [6, 6.07) is 0.339. The zero-order chi connectivity index (χ0) is 21.3. The van der Waals surface area contributed by atoms with Crippen LogP contribution in [0.2, 0.25) is 0 Å². The Morgan fingerprint density at radius 3 is 2.20 bits per heavy atom. The SMILES string of the molecule is C1CN(CC2CC2)C(COCC2CC2)c2nnn(CC3CC3)c21.O=C(O)C(F)(F)F. The summed E-state index contributed by atoms with van der Waals surface area (Å²) in [6.45, 7) is 5.21. The highest BCUT2D eigenvalue weighted by Crippen LogP contribution is 2.37. The molecule has 10 heteroatoms. The summed E-state index contributed by atoms with van der Waals surface area (Å²) in [5.41, 5.74) is 2.61. The van der Waals surface area contributed by atoms with Crippen molar-refractivity contribution in [2.45, 2.75) is 63.7 Å². The molecule has 1 aromatic rings. The molecule has 3 aliphatic carbocycles. The van der Waals surface area contributed by atoms with Crippen molar-refractivity contribution in [3.63, 3.8) is 0 Å². The molecule has 5 rings (SSSR count). The van der Waals surface area contributed by atoms with E-state index in [4.69, 9.17) is 14.6 Å². The number of hydrogen-bond donors (Lipinski definition) is 1. The molecular formula is C20H29F3N4O3. The number of fused-ring (bicyclic) bond motifs is 1. The maximum absolute atomic E-state index is 10.6. The molecule has 2 heterocycles. The Bertz CT molecular complexity index is 742. The van der Waals surface area contributed by atoms with Gasteiger partial charge in [0.15, 0.2) is 0 Å². The molecule has 0 aromatic carbocycles. The first-order chi connectivity index (χ1) is 14.3. The highest BCUT2D eigenvalue weighted by molar-refractivity contribution is 5.73. The zero-order valence-electron chi connectivity index (χ0n) is 17.0. The van der Waals surface area contributed by atoms with Crippen molar-refractivity contribution >= 4 is 5.97 Å². The Hall–Kier alpha value is -1.68. The Labute approximate surface area is 173 Å². The van der Waals surface area contributed by atoms with Crippen molar-refractivity contribution < 1.29 is 27.8 Å². The second-order valence-corrected chi connectivity index (χ2v) is 9.03. The Morgan fingerprint density at radius 2 is 1.63 bits per heavy atom. The Balaban J connectivity index is 0.000000272. The molecule has 1 atom stereocenters. The highest BCUT2D eigenvalue weighted by Gasteiger charge is 2.38. The minimum absolute atomic E-state index is 0.339. The van der Waals surface area contributed by atoms with Gasteiger partial charge >= 0.3 is 12.1 Å². The maximum Gasteiger partial charge on any atom is 0.490 e. The third-order valence-electron chi connectivity index (χ3n) is 6.15. The molecule has 1 aliphatic heterocycles. The van der Waals surface area contributed by atoms with E-state index >= 15 is 0 Å². The van der Waals surface area contributed by atoms with Crippen LogP contribution in [-0.2, 0) is 22.5 Å². The first-order valence-corrected chi connectivity index (χ1v) is 10.9. The predicted molar refractivity (Wildman–Crippen MR) is 101 cm³/mol. The average Bonchev–Trinajstić information content (AvgIpc) is 3.53. The number of carboxylic acids is 1. The molecule has 0 radical (unpaired) electrons. The summed E-state index contributed by atoms with van der Waals surface area (Å²) in [5.74, 6) is -0.146. The minimum atomic E-state index is -5.08. The van der Waals surface area contributed by atoms with E-state index < -0.39 is 12.1 Å². The first kappa shape index (κ1) is 21.5. The molecular weight excluding hydrogens is 401 g/mol. The molecule has 0 spiro atoms. The predicted octanol–water partition coefficient (Wildman–Crippen LogP) is 3.06. The van der Waals surface area contributed by atoms with E-state index in [0.29, 0.717) is 6.04 Å². The van der Waals surface area contributed by atoms with E-state index in [1.54, 1.807) is 0 Å². The van der Waals surface area contributed by atoms with Crippen molar-refractivity contribution in [1.82, 2.24) is 19.9 Å². The van der Waals surface area contributed by atoms with Gasteiger partial charge < -0.3 is 9.84 Å². The van der Waals surface area contributed by atoms with Crippen LogP contribution in [-0.4, -0.2) is 63.4 Å². The zero-order valence-corrected chi connectivity index (χ0v) is 17.0. The Morgan fingerprint density at radius 1 is 1.03 bits per heavy atom. The molecule has 7 nitrogen and oxygen atoms in total. The van der Waals surface area contributed by atoms with Crippen LogP contribution < -0.4 is 0 Å². The molecule has 0 amide bonds. The van der Waals surface area contributed by atoms with Gasteiger partial charge in [-0.25, -0.2) is 9.48 Å². The van der Waals surface area contributed by atoms with Crippen LogP contribution in [0.1, 0.15) is 56.0 Å². The number of rotatable bonds is 8. The smallest absolute Gasteiger partial charge is 0.475 e. The van der Waals surface area contributed by atoms with Crippen LogP contribution in [0, 0.1) is 17.8 Å². The molecule has 4 aliphatic rings. The van der Waals surface area contributed by atoms with Crippen molar-refractivity contribution in [2.24, 2.45) is 17.8 Å². The van der Waals surface area contributed by atoms with Gasteiger partial charge in [-0.3, -0.25) is 4.90 Å². The fourth-order valence-corrected chi connectivity index (χ4v) is 3.80. The van der Waals surface area contributed by atoms with Gasteiger partial charge in [-0.2, -0.15) is 13.2 Å². The number of aromatic nitrogens is 3. The number of carbonyl (C=O) groups is 1. The van der Waals surface area contributed by atoms with Gasteiger partial charge in [0.25, 0.3) is 0 Å². The third-order valence-corrected chi connectivity index (χ3v) is 6.15. The minimum Gasteiger partial charge on any atom is -0.475 e. The van der Waals surface area contributed by atoms with E-state index in [1.807, 2.05) is 0 Å². The maximum atomic E-state index is 10.6. The number of carboxylic acid groups (broad SMARTS) is 1. The fourth-order valence-electron chi connectivity index (χ4n) is 3.80.